The van der Waals surface area contributed by atoms with Gasteiger partial charge in [-0.05, 0) is 48.5 Å². The van der Waals surface area contributed by atoms with Crippen LogP contribution >= 0.6 is 0 Å². The maximum atomic E-state index is 12.6. The summed E-state index contributed by atoms with van der Waals surface area (Å²) in [5, 5.41) is 0. The first-order valence-corrected chi connectivity index (χ1v) is 9.10. The molecule has 0 aliphatic rings. The second-order valence-corrected chi connectivity index (χ2v) is 6.95. The molecule has 0 N–H and O–H groups in total. The SMILES string of the molecule is C=CCOC(=O)Oc1ccc(S(=O)(=O)c2ccc(OCC=C)cc2)cc1. The molecule has 0 bridgehead atoms. The van der Waals surface area contributed by atoms with Crippen molar-refractivity contribution in [2.75, 3.05) is 13.2 Å². The van der Waals surface area contributed by atoms with E-state index in [4.69, 9.17) is 9.47 Å². The summed E-state index contributed by atoms with van der Waals surface area (Å²) in [5.74, 6) is 0.719. The van der Waals surface area contributed by atoms with Crippen LogP contribution in [-0.4, -0.2) is 27.8 Å². The number of ether oxygens (including phenoxy) is 3. The fourth-order valence-electron chi connectivity index (χ4n) is 1.95. The van der Waals surface area contributed by atoms with E-state index in [-0.39, 0.29) is 22.1 Å². The zero-order valence-electron chi connectivity index (χ0n) is 14.0. The molecule has 2 rings (SSSR count). The van der Waals surface area contributed by atoms with Crippen molar-refractivity contribution in [3.05, 3.63) is 73.8 Å². The minimum atomic E-state index is -3.70. The summed E-state index contributed by atoms with van der Waals surface area (Å²) in [5.41, 5.74) is 0. The molecule has 26 heavy (non-hydrogen) atoms. The average molecular weight is 374 g/mol. The van der Waals surface area contributed by atoms with E-state index in [0.29, 0.717) is 12.4 Å². The van der Waals surface area contributed by atoms with Gasteiger partial charge in [0.15, 0.2) is 0 Å². The van der Waals surface area contributed by atoms with Crippen LogP contribution in [0.4, 0.5) is 4.79 Å². The van der Waals surface area contributed by atoms with Gasteiger partial charge in [0.1, 0.15) is 24.7 Å². The van der Waals surface area contributed by atoms with Crippen molar-refractivity contribution in [3.8, 4) is 11.5 Å². The van der Waals surface area contributed by atoms with Gasteiger partial charge in [0.05, 0.1) is 9.79 Å². The van der Waals surface area contributed by atoms with Crippen molar-refractivity contribution >= 4 is 16.0 Å². The van der Waals surface area contributed by atoms with Crippen LogP contribution in [0.15, 0.2) is 83.6 Å². The maximum Gasteiger partial charge on any atom is 0.514 e. The van der Waals surface area contributed by atoms with Crippen molar-refractivity contribution in [2.24, 2.45) is 0 Å². The minimum absolute atomic E-state index is 0.0256. The van der Waals surface area contributed by atoms with Crippen LogP contribution in [0, 0.1) is 0 Å². The Morgan fingerprint density at radius 3 is 1.85 bits per heavy atom. The van der Waals surface area contributed by atoms with E-state index < -0.39 is 16.0 Å². The monoisotopic (exact) mass is 374 g/mol. The van der Waals surface area contributed by atoms with Crippen LogP contribution in [0.5, 0.6) is 11.5 Å². The van der Waals surface area contributed by atoms with Gasteiger partial charge in [-0.2, -0.15) is 0 Å². The van der Waals surface area contributed by atoms with Crippen LogP contribution in [0.3, 0.4) is 0 Å². The largest absolute Gasteiger partial charge is 0.514 e. The fourth-order valence-corrected chi connectivity index (χ4v) is 3.21. The summed E-state index contributed by atoms with van der Waals surface area (Å²) >= 11 is 0. The summed E-state index contributed by atoms with van der Waals surface area (Å²) in [6, 6.07) is 11.5. The molecule has 0 aliphatic carbocycles. The van der Waals surface area contributed by atoms with Crippen molar-refractivity contribution in [3.63, 3.8) is 0 Å². The zero-order valence-corrected chi connectivity index (χ0v) is 14.8. The number of carbonyl (C=O) groups is 1. The molecule has 136 valence electrons. The lowest BCUT2D eigenvalue weighted by Gasteiger charge is -2.08. The van der Waals surface area contributed by atoms with Crippen LogP contribution in [0.25, 0.3) is 0 Å². The van der Waals surface area contributed by atoms with E-state index in [1.807, 2.05) is 0 Å². The molecule has 0 spiro atoms. The van der Waals surface area contributed by atoms with E-state index in [9.17, 15) is 13.2 Å². The van der Waals surface area contributed by atoms with Gasteiger partial charge in [-0.15, -0.1) is 0 Å². The first-order valence-electron chi connectivity index (χ1n) is 7.62. The van der Waals surface area contributed by atoms with Crippen molar-refractivity contribution in [1.82, 2.24) is 0 Å². The molecule has 0 atom stereocenters. The molecule has 0 saturated carbocycles. The number of hydrogen-bond acceptors (Lipinski definition) is 6. The third kappa shape index (κ3) is 4.97. The van der Waals surface area contributed by atoms with Crippen LogP contribution in [0.1, 0.15) is 0 Å². The summed E-state index contributed by atoms with van der Waals surface area (Å²) in [4.78, 5) is 11.6. The zero-order chi connectivity index (χ0) is 19.0. The molecular formula is C19H18O6S. The maximum absolute atomic E-state index is 12.6. The molecule has 2 aromatic carbocycles. The molecular weight excluding hydrogens is 356 g/mol. The van der Waals surface area contributed by atoms with Gasteiger partial charge >= 0.3 is 6.16 Å². The standard InChI is InChI=1S/C19H18O6S/c1-3-13-23-15-5-9-17(10-6-15)26(21,22)18-11-7-16(8-12-18)25-19(20)24-14-4-2/h3-12H,1-2,13-14H2. The van der Waals surface area contributed by atoms with Gasteiger partial charge in [-0.25, -0.2) is 13.2 Å². The molecule has 7 heteroatoms. The molecule has 0 aliphatic heterocycles. The normalized spacial score (nSPS) is 10.6. The minimum Gasteiger partial charge on any atom is -0.490 e. The summed E-state index contributed by atoms with van der Waals surface area (Å²) in [7, 11) is -3.70. The van der Waals surface area contributed by atoms with Gasteiger partial charge in [0, 0.05) is 0 Å². The molecule has 0 unspecified atom stereocenters. The topological polar surface area (TPSA) is 78.9 Å². The smallest absolute Gasteiger partial charge is 0.490 e. The Bertz CT molecular complexity index is 867. The highest BCUT2D eigenvalue weighted by atomic mass is 32.2. The van der Waals surface area contributed by atoms with E-state index >= 15 is 0 Å². The highest BCUT2D eigenvalue weighted by Gasteiger charge is 2.18. The van der Waals surface area contributed by atoms with Gasteiger partial charge in [0.2, 0.25) is 9.84 Å². The van der Waals surface area contributed by atoms with Crippen LogP contribution in [0.2, 0.25) is 0 Å². The van der Waals surface area contributed by atoms with Crippen molar-refractivity contribution < 1.29 is 27.4 Å². The molecule has 0 amide bonds. The Morgan fingerprint density at radius 2 is 1.35 bits per heavy atom. The quantitative estimate of drug-likeness (QED) is 0.397. The summed E-state index contributed by atoms with van der Waals surface area (Å²) < 4.78 is 40.2. The molecule has 0 aromatic heterocycles. The Balaban J connectivity index is 2.12. The number of hydrogen-bond donors (Lipinski definition) is 0. The van der Waals surface area contributed by atoms with E-state index in [2.05, 4.69) is 17.9 Å². The van der Waals surface area contributed by atoms with Gasteiger partial charge in [0.25, 0.3) is 0 Å². The van der Waals surface area contributed by atoms with Gasteiger partial charge < -0.3 is 14.2 Å². The lowest BCUT2D eigenvalue weighted by molar-refractivity contribution is 0.109. The number of carbonyl (C=O) groups excluding carboxylic acids is 1. The van der Waals surface area contributed by atoms with E-state index in [1.165, 1.54) is 42.5 Å². The molecule has 0 radical (unpaired) electrons. The Hall–Kier alpha value is -3.06. The van der Waals surface area contributed by atoms with E-state index in [0.717, 1.165) is 0 Å². The molecule has 0 saturated heterocycles. The number of rotatable bonds is 8. The predicted octanol–water partition coefficient (Wildman–Crippen LogP) is 3.79. The lowest BCUT2D eigenvalue weighted by Crippen LogP contribution is -2.10. The predicted molar refractivity (Wildman–Crippen MR) is 96.2 cm³/mol. The lowest BCUT2D eigenvalue weighted by atomic mass is 10.3. The molecule has 0 fully saturated rings. The highest BCUT2D eigenvalue weighted by molar-refractivity contribution is 7.91. The van der Waals surface area contributed by atoms with E-state index in [1.54, 1.807) is 18.2 Å². The van der Waals surface area contributed by atoms with Crippen molar-refractivity contribution in [2.45, 2.75) is 9.79 Å². The third-order valence-corrected chi connectivity index (χ3v) is 4.94. The summed E-state index contributed by atoms with van der Waals surface area (Å²) in [6.45, 7) is 7.32. The first kappa shape index (κ1) is 19.3. The Labute approximate surface area is 152 Å². The summed E-state index contributed by atoms with van der Waals surface area (Å²) in [6.07, 6.45) is 2.11. The number of benzene rings is 2. The molecule has 6 nitrogen and oxygen atoms in total. The van der Waals surface area contributed by atoms with Gasteiger partial charge in [-0.1, -0.05) is 25.3 Å². The Morgan fingerprint density at radius 1 is 0.846 bits per heavy atom. The van der Waals surface area contributed by atoms with Crippen LogP contribution in [-0.2, 0) is 14.6 Å². The first-order chi connectivity index (χ1) is 12.5. The number of sulfone groups is 1. The highest BCUT2D eigenvalue weighted by Crippen LogP contribution is 2.25. The van der Waals surface area contributed by atoms with Crippen LogP contribution < -0.4 is 9.47 Å². The average Bonchev–Trinajstić information content (AvgIpc) is 2.65. The Kier molecular flexibility index (Phi) is 6.57. The second kappa shape index (κ2) is 8.87. The molecule has 2 aromatic rings. The van der Waals surface area contributed by atoms with Gasteiger partial charge in [-0.3, -0.25) is 0 Å². The second-order valence-electron chi connectivity index (χ2n) is 5.00. The molecule has 0 heterocycles. The third-order valence-electron chi connectivity index (χ3n) is 3.16. The fraction of sp³-hybridized carbons (Fsp3) is 0.105. The van der Waals surface area contributed by atoms with Crippen molar-refractivity contribution in [1.29, 1.82) is 0 Å².